The number of hydrogen-bond donors (Lipinski definition) is 1. The molecule has 1 aliphatic rings. The Labute approximate surface area is 103 Å². The Morgan fingerprint density at radius 3 is 2.32 bits per heavy atom. The molecule has 0 saturated carbocycles. The van der Waals surface area contributed by atoms with Gasteiger partial charge in [0.1, 0.15) is 5.75 Å². The molecule has 1 heterocycles. The molecule has 0 spiro atoms. The fourth-order valence-electron chi connectivity index (χ4n) is 1.71. The van der Waals surface area contributed by atoms with Gasteiger partial charge in [0.05, 0.1) is 12.0 Å². The van der Waals surface area contributed by atoms with Crippen molar-refractivity contribution < 1.29 is 36.6 Å². The minimum absolute atomic E-state index is 0.148. The predicted molar refractivity (Wildman–Crippen MR) is 52.0 cm³/mol. The van der Waals surface area contributed by atoms with Gasteiger partial charge < -0.3 is 9.84 Å². The molecule has 2 rings (SSSR count). The van der Waals surface area contributed by atoms with Crippen LogP contribution in [0, 0.1) is 0 Å². The first kappa shape index (κ1) is 13.7. The minimum atomic E-state index is -6.03. The van der Waals surface area contributed by atoms with E-state index in [2.05, 4.69) is 4.74 Å². The molecule has 0 saturated heterocycles. The van der Waals surface area contributed by atoms with Crippen molar-refractivity contribution in [2.24, 2.45) is 0 Å². The lowest BCUT2D eigenvalue weighted by Gasteiger charge is -2.38. The smallest absolute Gasteiger partial charge is 0.454 e. The summed E-state index contributed by atoms with van der Waals surface area (Å²) < 4.78 is 67.6. The molecule has 0 bridgehead atoms. The number of benzene rings is 1. The topological polar surface area (TPSA) is 46.5 Å². The van der Waals surface area contributed by atoms with Gasteiger partial charge in [0.2, 0.25) is 0 Å². The summed E-state index contributed by atoms with van der Waals surface area (Å²) in [5.41, 5.74) is -0.148. The Hall–Kier alpha value is -1.70. The lowest BCUT2D eigenvalue weighted by atomic mass is 9.94. The van der Waals surface area contributed by atoms with E-state index in [1.165, 1.54) is 18.2 Å². The number of carbonyl (C=O) groups excluding carboxylic acids is 1. The maximum atomic E-state index is 13.2. The molecule has 1 aromatic rings. The van der Waals surface area contributed by atoms with Gasteiger partial charge in [-0.3, -0.25) is 4.79 Å². The lowest BCUT2D eigenvalue weighted by Crippen LogP contribution is -2.62. The zero-order valence-electron chi connectivity index (χ0n) is 9.17. The highest BCUT2D eigenvalue weighted by atomic mass is 19.4. The van der Waals surface area contributed by atoms with E-state index in [4.69, 9.17) is 0 Å². The largest absolute Gasteiger partial charge is 0.460 e. The van der Waals surface area contributed by atoms with Crippen LogP contribution >= 0.6 is 0 Å². The molecule has 0 aromatic heterocycles. The van der Waals surface area contributed by atoms with Crippen molar-refractivity contribution in [2.75, 3.05) is 0 Å². The van der Waals surface area contributed by atoms with E-state index in [0.717, 1.165) is 6.07 Å². The summed E-state index contributed by atoms with van der Waals surface area (Å²) in [6, 6.07) is 4.92. The van der Waals surface area contributed by atoms with E-state index in [-0.39, 0.29) is 5.56 Å². The maximum Gasteiger partial charge on any atom is 0.460 e. The summed E-state index contributed by atoms with van der Waals surface area (Å²) in [6.45, 7) is 0. The van der Waals surface area contributed by atoms with E-state index >= 15 is 0 Å². The number of aliphatic hydroxyl groups is 1. The normalized spacial score (nSPS) is 23.8. The van der Waals surface area contributed by atoms with Crippen LogP contribution < -0.4 is 4.74 Å². The summed E-state index contributed by atoms with van der Waals surface area (Å²) >= 11 is 0. The van der Waals surface area contributed by atoms with Gasteiger partial charge in [0, 0.05) is 0 Å². The summed E-state index contributed by atoms with van der Waals surface area (Å²) in [7, 11) is 0. The van der Waals surface area contributed by atoms with Gasteiger partial charge >= 0.3 is 12.1 Å². The van der Waals surface area contributed by atoms with Gasteiger partial charge in [-0.25, -0.2) is 0 Å². The molecular weight excluding hydrogens is 275 g/mol. The van der Waals surface area contributed by atoms with Crippen molar-refractivity contribution in [1.82, 2.24) is 0 Å². The van der Waals surface area contributed by atoms with Crippen LogP contribution in [-0.4, -0.2) is 28.8 Å². The predicted octanol–water partition coefficient (Wildman–Crippen LogP) is 2.54. The summed E-state index contributed by atoms with van der Waals surface area (Å²) in [5, 5.41) is 9.44. The third-order valence-electron chi connectivity index (χ3n) is 2.71. The SMILES string of the molecule is O=C1C[C@](O)(C(F)(F)C(F)(F)F)Oc2ccccc21. The molecule has 0 radical (unpaired) electrons. The average Bonchev–Trinajstić information content (AvgIpc) is 2.27. The number of ketones is 1. The monoisotopic (exact) mass is 282 g/mol. The third-order valence-corrected chi connectivity index (χ3v) is 2.71. The molecule has 0 amide bonds. The van der Waals surface area contributed by atoms with Crippen LogP contribution in [0.25, 0.3) is 0 Å². The molecule has 0 fully saturated rings. The molecule has 8 heteroatoms. The number of Topliss-reactive ketones (excluding diaryl/α,β-unsaturated/α-hetero) is 1. The summed E-state index contributed by atoms with van der Waals surface area (Å²) in [4.78, 5) is 11.5. The van der Waals surface area contributed by atoms with Crippen molar-refractivity contribution >= 4 is 5.78 Å². The molecule has 1 N–H and O–H groups in total. The molecule has 104 valence electrons. The van der Waals surface area contributed by atoms with Crippen molar-refractivity contribution in [2.45, 2.75) is 24.3 Å². The highest BCUT2D eigenvalue weighted by Crippen LogP contribution is 2.48. The van der Waals surface area contributed by atoms with Crippen LogP contribution in [0.4, 0.5) is 22.0 Å². The fourth-order valence-corrected chi connectivity index (χ4v) is 1.71. The second-order valence-electron chi connectivity index (χ2n) is 4.05. The van der Waals surface area contributed by atoms with Gasteiger partial charge in [-0.2, -0.15) is 22.0 Å². The van der Waals surface area contributed by atoms with Crippen LogP contribution in [0.5, 0.6) is 5.75 Å². The highest BCUT2D eigenvalue weighted by molar-refractivity contribution is 6.00. The standard InChI is InChI=1S/C11H7F5O3/c12-10(13,11(14,15)16)9(18)5-7(17)6-3-1-2-4-8(6)19-9/h1-4,18H,5H2/t9-/m1/s1. The average molecular weight is 282 g/mol. The number of halogens is 5. The summed E-state index contributed by atoms with van der Waals surface area (Å²) in [5.74, 6) is -11.1. The number of alkyl halides is 5. The molecule has 0 unspecified atom stereocenters. The number of rotatable bonds is 1. The molecule has 0 aliphatic carbocycles. The minimum Gasteiger partial charge on any atom is -0.454 e. The van der Waals surface area contributed by atoms with E-state index < -0.39 is 35.8 Å². The van der Waals surface area contributed by atoms with Gasteiger partial charge in [0.25, 0.3) is 5.79 Å². The number of fused-ring (bicyclic) bond motifs is 1. The molecule has 19 heavy (non-hydrogen) atoms. The van der Waals surface area contributed by atoms with E-state index in [1.54, 1.807) is 0 Å². The second-order valence-corrected chi connectivity index (χ2v) is 4.05. The Balaban J connectivity index is 2.47. The van der Waals surface area contributed by atoms with Crippen LogP contribution in [0.3, 0.4) is 0 Å². The van der Waals surface area contributed by atoms with Gasteiger partial charge in [-0.15, -0.1) is 0 Å². The van der Waals surface area contributed by atoms with Crippen LogP contribution in [0.15, 0.2) is 24.3 Å². The quantitative estimate of drug-likeness (QED) is 0.805. The number of ether oxygens (including phenoxy) is 1. The zero-order valence-corrected chi connectivity index (χ0v) is 9.17. The zero-order chi connectivity index (χ0) is 14.5. The first-order chi connectivity index (χ1) is 8.58. The Kier molecular flexibility index (Phi) is 2.81. The van der Waals surface area contributed by atoms with Crippen molar-refractivity contribution in [3.63, 3.8) is 0 Å². The van der Waals surface area contributed by atoms with Gasteiger partial charge in [-0.05, 0) is 12.1 Å². The second kappa shape index (κ2) is 3.89. The van der Waals surface area contributed by atoms with Gasteiger partial charge in [-0.1, -0.05) is 12.1 Å². The van der Waals surface area contributed by atoms with Crippen molar-refractivity contribution in [1.29, 1.82) is 0 Å². The highest BCUT2D eigenvalue weighted by Gasteiger charge is 2.73. The van der Waals surface area contributed by atoms with E-state index in [0.29, 0.717) is 0 Å². The van der Waals surface area contributed by atoms with E-state index in [1.807, 2.05) is 0 Å². The molecule has 1 aromatic carbocycles. The Bertz CT molecular complexity index is 525. The van der Waals surface area contributed by atoms with E-state index in [9.17, 15) is 31.9 Å². The molecule has 3 nitrogen and oxygen atoms in total. The van der Waals surface area contributed by atoms with Crippen LogP contribution in [0.2, 0.25) is 0 Å². The Morgan fingerprint density at radius 2 is 1.74 bits per heavy atom. The van der Waals surface area contributed by atoms with Crippen molar-refractivity contribution in [3.8, 4) is 5.75 Å². The number of hydrogen-bond acceptors (Lipinski definition) is 3. The molecular formula is C11H7F5O3. The fraction of sp³-hybridized carbons (Fsp3) is 0.364. The molecule has 1 atom stereocenters. The Morgan fingerprint density at radius 1 is 1.16 bits per heavy atom. The van der Waals surface area contributed by atoms with Crippen LogP contribution in [0.1, 0.15) is 16.8 Å². The third kappa shape index (κ3) is 1.95. The number of para-hydroxylation sites is 1. The summed E-state index contributed by atoms with van der Waals surface area (Å²) in [6.07, 6.45) is -7.51. The number of carbonyl (C=O) groups is 1. The lowest BCUT2D eigenvalue weighted by molar-refractivity contribution is -0.384. The molecule has 1 aliphatic heterocycles. The first-order valence-electron chi connectivity index (χ1n) is 5.07. The first-order valence-corrected chi connectivity index (χ1v) is 5.07. The van der Waals surface area contributed by atoms with Crippen molar-refractivity contribution in [3.05, 3.63) is 29.8 Å². The van der Waals surface area contributed by atoms with Crippen LogP contribution in [-0.2, 0) is 0 Å². The van der Waals surface area contributed by atoms with Gasteiger partial charge in [0.15, 0.2) is 5.78 Å². The maximum absolute atomic E-state index is 13.2.